The summed E-state index contributed by atoms with van der Waals surface area (Å²) in [5, 5.41) is 17.3. The maximum absolute atomic E-state index is 13.6. The van der Waals surface area contributed by atoms with E-state index in [1.807, 2.05) is 0 Å². The zero-order valence-electron chi connectivity index (χ0n) is 17.8. The van der Waals surface area contributed by atoms with Crippen molar-refractivity contribution in [2.24, 2.45) is 5.73 Å². The summed E-state index contributed by atoms with van der Waals surface area (Å²) in [6.07, 6.45) is -3.18. The van der Waals surface area contributed by atoms with Crippen molar-refractivity contribution in [1.29, 1.82) is 0 Å². The van der Waals surface area contributed by atoms with Gasteiger partial charge in [-0.05, 0) is 49.6 Å². The molecular weight excluding hydrogens is 481 g/mol. The molecule has 1 aromatic heterocycles. The first kappa shape index (κ1) is 25.8. The van der Waals surface area contributed by atoms with Crippen molar-refractivity contribution in [3.63, 3.8) is 0 Å². The number of hydrogen-bond donors (Lipinski definition) is 2. The van der Waals surface area contributed by atoms with Gasteiger partial charge in [0, 0.05) is 11.6 Å². The molecule has 0 radical (unpaired) electrons. The van der Waals surface area contributed by atoms with E-state index < -0.39 is 29.4 Å². The number of ether oxygens (including phenoxy) is 2. The predicted molar refractivity (Wildman–Crippen MR) is 116 cm³/mol. The van der Waals surface area contributed by atoms with Gasteiger partial charge in [0.05, 0.1) is 31.4 Å². The van der Waals surface area contributed by atoms with E-state index in [1.165, 1.54) is 12.1 Å². The Hall–Kier alpha value is -2.83. The van der Waals surface area contributed by atoms with Gasteiger partial charge in [-0.15, -0.1) is 10.2 Å². The highest BCUT2D eigenvalue weighted by Gasteiger charge is 2.35. The Morgan fingerprint density at radius 2 is 1.65 bits per heavy atom. The number of nitrogens with two attached hydrogens (primary N) is 1. The Bertz CT molecular complexity index is 1090. The van der Waals surface area contributed by atoms with E-state index in [4.69, 9.17) is 20.3 Å². The quantitative estimate of drug-likeness (QED) is 0.279. The maximum Gasteiger partial charge on any atom is 0.419 e. The number of hydrogen-bond acceptors (Lipinski definition) is 7. The van der Waals surface area contributed by atoms with Crippen LogP contribution in [0.15, 0.2) is 36.4 Å². The third kappa shape index (κ3) is 6.84. The lowest BCUT2D eigenvalue weighted by Gasteiger charge is -2.15. The number of aliphatic hydroxyl groups excluding tert-OH is 1. The number of alkyl halides is 3. The molecule has 0 bridgehead atoms. The van der Waals surface area contributed by atoms with Crippen LogP contribution in [0, 0.1) is 11.6 Å². The van der Waals surface area contributed by atoms with Crippen LogP contribution in [0.25, 0.3) is 10.6 Å². The third-order valence-electron chi connectivity index (χ3n) is 4.68. The molecule has 0 spiro atoms. The normalized spacial score (nSPS) is 12.6. The first-order valence-corrected chi connectivity index (χ1v) is 11.1. The van der Waals surface area contributed by atoms with Gasteiger partial charge in [-0.2, -0.15) is 13.2 Å². The molecule has 12 heteroatoms. The summed E-state index contributed by atoms with van der Waals surface area (Å²) in [4.78, 5) is 0. The van der Waals surface area contributed by atoms with Gasteiger partial charge >= 0.3 is 6.18 Å². The topological polar surface area (TPSA) is 90.5 Å². The fourth-order valence-corrected chi connectivity index (χ4v) is 3.75. The lowest BCUT2D eigenvalue weighted by atomic mass is 10.1. The van der Waals surface area contributed by atoms with Crippen LogP contribution in [0.3, 0.4) is 0 Å². The lowest BCUT2D eigenvalue weighted by molar-refractivity contribution is -0.138. The predicted octanol–water partition coefficient (Wildman–Crippen LogP) is 5.12. The van der Waals surface area contributed by atoms with E-state index in [-0.39, 0.29) is 41.9 Å². The minimum atomic E-state index is -4.65. The van der Waals surface area contributed by atoms with Crippen LogP contribution in [-0.4, -0.2) is 35.1 Å². The minimum absolute atomic E-state index is 0.0328. The average molecular weight is 503 g/mol. The van der Waals surface area contributed by atoms with Gasteiger partial charge in [0.1, 0.15) is 21.6 Å². The molecule has 2 aromatic carbocycles. The van der Waals surface area contributed by atoms with Crippen molar-refractivity contribution < 1.29 is 36.5 Å². The Kier molecular flexibility index (Phi) is 8.75. The molecule has 3 N–H and O–H groups in total. The van der Waals surface area contributed by atoms with Gasteiger partial charge in [0.25, 0.3) is 0 Å². The molecule has 34 heavy (non-hydrogen) atoms. The van der Waals surface area contributed by atoms with Crippen LogP contribution < -0.4 is 15.2 Å². The fraction of sp³-hybridized carbons (Fsp3) is 0.364. The van der Waals surface area contributed by atoms with E-state index >= 15 is 0 Å². The molecule has 3 rings (SSSR count). The highest BCUT2D eigenvalue weighted by molar-refractivity contribution is 7.14. The van der Waals surface area contributed by atoms with E-state index in [0.29, 0.717) is 24.3 Å². The van der Waals surface area contributed by atoms with Crippen LogP contribution in [0.5, 0.6) is 11.5 Å². The molecule has 3 aromatic rings. The molecule has 0 saturated heterocycles. The molecule has 184 valence electrons. The van der Waals surface area contributed by atoms with Gasteiger partial charge in [0.15, 0.2) is 11.6 Å². The number of unbranched alkanes of at least 4 members (excludes halogenated alkanes) is 2. The van der Waals surface area contributed by atoms with Crippen molar-refractivity contribution in [2.75, 3.05) is 19.8 Å². The summed E-state index contributed by atoms with van der Waals surface area (Å²) in [7, 11) is 0. The Labute approximate surface area is 196 Å². The maximum atomic E-state index is 13.6. The highest BCUT2D eigenvalue weighted by atomic mass is 32.1. The first-order chi connectivity index (χ1) is 16.2. The van der Waals surface area contributed by atoms with Crippen molar-refractivity contribution in [2.45, 2.75) is 31.5 Å². The molecule has 1 unspecified atom stereocenters. The molecule has 1 atom stereocenters. The van der Waals surface area contributed by atoms with Gasteiger partial charge < -0.3 is 20.3 Å². The summed E-state index contributed by atoms with van der Waals surface area (Å²) in [6, 6.07) is 5.75. The summed E-state index contributed by atoms with van der Waals surface area (Å²) in [6.45, 7) is -0.194. The largest absolute Gasteiger partial charge is 0.493 e. The first-order valence-electron chi connectivity index (χ1n) is 10.3. The summed E-state index contributed by atoms with van der Waals surface area (Å²) in [5.74, 6) is -1.79. The molecule has 0 aliphatic rings. The number of rotatable bonds is 11. The van der Waals surface area contributed by atoms with E-state index in [0.717, 1.165) is 35.6 Å². The van der Waals surface area contributed by atoms with Crippen LogP contribution in [-0.2, 0) is 6.18 Å². The number of benzene rings is 2. The standard InChI is InChI=1S/C22H22F5N3O3S/c23-14-5-6-16(24)19(11-14)33-9-3-1-2-8-32-18-7-4-13(10-15(18)22(25,26)27)20-29-30-21(34-20)17(28)12-31/h4-7,10-11,17,31H,1-3,8-9,12,28H2. The summed E-state index contributed by atoms with van der Waals surface area (Å²) in [5.41, 5.74) is 4.93. The van der Waals surface area contributed by atoms with Crippen molar-refractivity contribution >= 4 is 11.3 Å². The van der Waals surface area contributed by atoms with Crippen molar-refractivity contribution in [3.05, 3.63) is 58.6 Å². The van der Waals surface area contributed by atoms with Crippen LogP contribution in [0.4, 0.5) is 22.0 Å². The molecular formula is C22H22F5N3O3S. The van der Waals surface area contributed by atoms with Crippen molar-refractivity contribution in [1.82, 2.24) is 10.2 Å². The Balaban J connectivity index is 1.54. The van der Waals surface area contributed by atoms with Gasteiger partial charge in [-0.3, -0.25) is 0 Å². The van der Waals surface area contributed by atoms with Crippen LogP contribution in [0.2, 0.25) is 0 Å². The molecule has 0 aliphatic carbocycles. The second-order valence-electron chi connectivity index (χ2n) is 7.28. The Morgan fingerprint density at radius 1 is 0.941 bits per heavy atom. The van der Waals surface area contributed by atoms with Gasteiger partial charge in [0.2, 0.25) is 0 Å². The molecule has 0 saturated carbocycles. The fourth-order valence-electron chi connectivity index (χ4n) is 2.92. The van der Waals surface area contributed by atoms with Gasteiger partial charge in [-0.25, -0.2) is 8.78 Å². The second-order valence-corrected chi connectivity index (χ2v) is 8.28. The molecule has 1 heterocycles. The second kappa shape index (κ2) is 11.5. The van der Waals surface area contributed by atoms with Gasteiger partial charge in [-0.1, -0.05) is 11.3 Å². The molecule has 0 aliphatic heterocycles. The van der Waals surface area contributed by atoms with Crippen molar-refractivity contribution in [3.8, 4) is 22.1 Å². The zero-order valence-corrected chi connectivity index (χ0v) is 18.6. The average Bonchev–Trinajstić information content (AvgIpc) is 3.30. The summed E-state index contributed by atoms with van der Waals surface area (Å²) < 4.78 is 77.9. The third-order valence-corrected chi connectivity index (χ3v) is 5.79. The zero-order chi connectivity index (χ0) is 24.7. The number of halogens is 5. The van der Waals surface area contributed by atoms with Crippen LogP contribution in [0.1, 0.15) is 35.9 Å². The smallest absolute Gasteiger partial charge is 0.419 e. The molecule has 6 nitrogen and oxygen atoms in total. The van der Waals surface area contributed by atoms with Crippen LogP contribution >= 0.6 is 11.3 Å². The highest BCUT2D eigenvalue weighted by Crippen LogP contribution is 2.39. The lowest BCUT2D eigenvalue weighted by Crippen LogP contribution is -2.13. The number of aromatic nitrogens is 2. The number of aliphatic hydroxyl groups is 1. The SMILES string of the molecule is NC(CO)c1nnc(-c2ccc(OCCCCCOc3cc(F)ccc3F)c(C(F)(F)F)c2)s1. The van der Waals surface area contributed by atoms with E-state index in [1.54, 1.807) is 0 Å². The number of nitrogens with zero attached hydrogens (tertiary/aromatic N) is 2. The molecule has 0 amide bonds. The molecule has 0 fully saturated rings. The monoisotopic (exact) mass is 503 g/mol. The van der Waals surface area contributed by atoms with E-state index in [2.05, 4.69) is 10.2 Å². The van der Waals surface area contributed by atoms with E-state index in [9.17, 15) is 22.0 Å². The minimum Gasteiger partial charge on any atom is -0.493 e. The Morgan fingerprint density at radius 3 is 2.32 bits per heavy atom. The summed E-state index contributed by atoms with van der Waals surface area (Å²) >= 11 is 1.00.